The summed E-state index contributed by atoms with van der Waals surface area (Å²) >= 11 is 1.72. The Balaban J connectivity index is 1.27. The predicted octanol–water partition coefficient (Wildman–Crippen LogP) is 4.87. The van der Waals surface area contributed by atoms with Gasteiger partial charge in [0.15, 0.2) is 11.5 Å². The summed E-state index contributed by atoms with van der Waals surface area (Å²) in [7, 11) is 1.62. The van der Waals surface area contributed by atoms with Crippen molar-refractivity contribution in [1.82, 2.24) is 10.3 Å². The van der Waals surface area contributed by atoms with E-state index in [-0.39, 0.29) is 12.0 Å². The van der Waals surface area contributed by atoms with Gasteiger partial charge in [0.2, 0.25) is 0 Å². The van der Waals surface area contributed by atoms with Crippen molar-refractivity contribution in [2.24, 2.45) is 0 Å². The van der Waals surface area contributed by atoms with Crippen molar-refractivity contribution in [3.8, 4) is 11.5 Å². The van der Waals surface area contributed by atoms with Crippen LogP contribution in [0.2, 0.25) is 0 Å². The fourth-order valence-electron chi connectivity index (χ4n) is 3.54. The van der Waals surface area contributed by atoms with E-state index in [1.54, 1.807) is 25.1 Å². The zero-order valence-electron chi connectivity index (χ0n) is 18.7. The van der Waals surface area contributed by atoms with E-state index >= 15 is 0 Å². The van der Waals surface area contributed by atoms with E-state index in [1.807, 2.05) is 54.7 Å². The van der Waals surface area contributed by atoms with Gasteiger partial charge in [-0.1, -0.05) is 12.1 Å². The first kappa shape index (κ1) is 23.1. The Kier molecular flexibility index (Phi) is 8.22. The van der Waals surface area contributed by atoms with Crippen LogP contribution in [0.15, 0.2) is 71.9 Å². The lowest BCUT2D eigenvalue weighted by Crippen LogP contribution is -2.22. The summed E-state index contributed by atoms with van der Waals surface area (Å²) in [6, 6.07) is 17.3. The Morgan fingerprint density at radius 1 is 1.15 bits per heavy atom. The molecule has 1 aliphatic heterocycles. The van der Waals surface area contributed by atoms with Gasteiger partial charge in [-0.3, -0.25) is 9.78 Å². The average molecular weight is 465 g/mol. The first-order valence-electron chi connectivity index (χ1n) is 11.0. The Labute approximate surface area is 198 Å². The molecule has 1 aromatic heterocycles. The maximum atomic E-state index is 12.6. The molecule has 172 valence electrons. The standard InChI is InChI=1S/C26H28N2O4S/c1-30-25-14-19(6-11-24(25)32-17-22-5-3-13-31-22)16-28-26(29)21-7-9-23(10-8-21)33-18-20-4-2-12-27-15-20/h2,4,6-12,14-15,22H,3,5,13,16-18H2,1H3,(H,28,29). The van der Waals surface area contributed by atoms with E-state index in [2.05, 4.69) is 16.4 Å². The molecule has 4 rings (SSSR count). The van der Waals surface area contributed by atoms with Gasteiger partial charge in [0, 0.05) is 41.8 Å². The molecule has 2 heterocycles. The molecular weight excluding hydrogens is 436 g/mol. The lowest BCUT2D eigenvalue weighted by Gasteiger charge is -2.15. The molecule has 0 aliphatic carbocycles. The number of rotatable bonds is 10. The zero-order valence-corrected chi connectivity index (χ0v) is 19.5. The Hall–Kier alpha value is -3.03. The van der Waals surface area contributed by atoms with Crippen LogP contribution in [0.1, 0.15) is 34.3 Å². The number of hydrogen-bond donors (Lipinski definition) is 1. The molecule has 1 unspecified atom stereocenters. The van der Waals surface area contributed by atoms with E-state index < -0.39 is 0 Å². The highest BCUT2D eigenvalue weighted by atomic mass is 32.2. The quantitative estimate of drug-likeness (QED) is 0.432. The molecule has 1 N–H and O–H groups in total. The summed E-state index contributed by atoms with van der Waals surface area (Å²) in [6.45, 7) is 1.72. The second kappa shape index (κ2) is 11.7. The number of carbonyl (C=O) groups is 1. The van der Waals surface area contributed by atoms with Crippen molar-refractivity contribution in [2.45, 2.75) is 36.1 Å². The fourth-order valence-corrected chi connectivity index (χ4v) is 4.37. The van der Waals surface area contributed by atoms with E-state index in [0.717, 1.165) is 35.7 Å². The number of methoxy groups -OCH3 is 1. The SMILES string of the molecule is COc1cc(CNC(=O)c2ccc(SCc3cccnc3)cc2)ccc1OCC1CCCO1. The van der Waals surface area contributed by atoms with Crippen LogP contribution < -0.4 is 14.8 Å². The second-order valence-corrected chi connectivity index (χ2v) is 8.84. The van der Waals surface area contributed by atoms with Gasteiger partial charge in [-0.2, -0.15) is 0 Å². The zero-order chi connectivity index (χ0) is 22.9. The van der Waals surface area contributed by atoms with Gasteiger partial charge in [0.1, 0.15) is 6.61 Å². The lowest BCUT2D eigenvalue weighted by atomic mass is 10.1. The average Bonchev–Trinajstić information content (AvgIpc) is 3.39. The maximum absolute atomic E-state index is 12.6. The van der Waals surface area contributed by atoms with E-state index in [9.17, 15) is 4.79 Å². The molecular formula is C26H28N2O4S. The van der Waals surface area contributed by atoms with Crippen LogP contribution in [0, 0.1) is 0 Å². The van der Waals surface area contributed by atoms with Gasteiger partial charge < -0.3 is 19.5 Å². The van der Waals surface area contributed by atoms with Crippen molar-refractivity contribution < 1.29 is 19.0 Å². The molecule has 0 saturated carbocycles. The number of nitrogens with zero attached hydrogens (tertiary/aromatic N) is 1. The van der Waals surface area contributed by atoms with Crippen LogP contribution in [0.25, 0.3) is 0 Å². The molecule has 3 aromatic rings. The molecule has 0 bridgehead atoms. The lowest BCUT2D eigenvalue weighted by molar-refractivity contribution is 0.0669. The third-order valence-electron chi connectivity index (χ3n) is 5.37. The second-order valence-electron chi connectivity index (χ2n) is 7.79. The number of hydrogen-bond acceptors (Lipinski definition) is 6. The summed E-state index contributed by atoms with van der Waals surface area (Å²) in [6.07, 6.45) is 5.89. The normalized spacial score (nSPS) is 15.2. The largest absolute Gasteiger partial charge is 0.493 e. The highest BCUT2D eigenvalue weighted by molar-refractivity contribution is 7.98. The monoisotopic (exact) mass is 464 g/mol. The fraction of sp³-hybridized carbons (Fsp3) is 0.308. The van der Waals surface area contributed by atoms with Gasteiger partial charge in [-0.15, -0.1) is 11.8 Å². The van der Waals surface area contributed by atoms with Crippen LogP contribution in [0.4, 0.5) is 0 Å². The van der Waals surface area contributed by atoms with Crippen molar-refractivity contribution >= 4 is 17.7 Å². The Morgan fingerprint density at radius 3 is 2.76 bits per heavy atom. The van der Waals surface area contributed by atoms with Gasteiger partial charge in [-0.25, -0.2) is 0 Å². The summed E-state index contributed by atoms with van der Waals surface area (Å²) < 4.78 is 17.0. The number of aromatic nitrogens is 1. The number of thioether (sulfide) groups is 1. The first-order chi connectivity index (χ1) is 16.2. The predicted molar refractivity (Wildman–Crippen MR) is 129 cm³/mol. The molecule has 33 heavy (non-hydrogen) atoms. The summed E-state index contributed by atoms with van der Waals surface area (Å²) in [4.78, 5) is 17.8. The molecule has 0 spiro atoms. The number of ether oxygens (including phenoxy) is 3. The van der Waals surface area contributed by atoms with Gasteiger partial charge in [0.05, 0.1) is 13.2 Å². The number of nitrogens with one attached hydrogen (secondary N) is 1. The molecule has 1 fully saturated rings. The Morgan fingerprint density at radius 2 is 2.03 bits per heavy atom. The number of carbonyl (C=O) groups excluding carboxylic acids is 1. The van der Waals surface area contributed by atoms with E-state index in [1.165, 1.54) is 5.56 Å². The minimum atomic E-state index is -0.114. The number of benzene rings is 2. The molecule has 1 amide bonds. The molecule has 7 heteroatoms. The molecule has 2 aromatic carbocycles. The first-order valence-corrected chi connectivity index (χ1v) is 12.0. The third-order valence-corrected chi connectivity index (χ3v) is 6.46. The molecule has 0 radical (unpaired) electrons. The molecule has 1 atom stereocenters. The molecule has 6 nitrogen and oxygen atoms in total. The van der Waals surface area contributed by atoms with Crippen molar-refractivity contribution in [1.29, 1.82) is 0 Å². The van der Waals surface area contributed by atoms with E-state index in [4.69, 9.17) is 14.2 Å². The molecule has 1 aliphatic rings. The van der Waals surface area contributed by atoms with Crippen LogP contribution in [-0.4, -0.2) is 37.3 Å². The van der Waals surface area contributed by atoms with Crippen LogP contribution in [0.5, 0.6) is 11.5 Å². The van der Waals surface area contributed by atoms with Gasteiger partial charge in [0.25, 0.3) is 5.91 Å². The smallest absolute Gasteiger partial charge is 0.251 e. The van der Waals surface area contributed by atoms with Crippen LogP contribution in [-0.2, 0) is 17.0 Å². The molecule has 1 saturated heterocycles. The van der Waals surface area contributed by atoms with Crippen molar-refractivity contribution in [3.05, 3.63) is 83.7 Å². The van der Waals surface area contributed by atoms with Crippen LogP contribution in [0.3, 0.4) is 0 Å². The number of amides is 1. The summed E-state index contributed by atoms with van der Waals surface area (Å²) in [5.74, 6) is 2.06. The van der Waals surface area contributed by atoms with Gasteiger partial charge >= 0.3 is 0 Å². The highest BCUT2D eigenvalue weighted by Crippen LogP contribution is 2.29. The topological polar surface area (TPSA) is 69.7 Å². The maximum Gasteiger partial charge on any atom is 0.251 e. The van der Waals surface area contributed by atoms with Crippen molar-refractivity contribution in [3.63, 3.8) is 0 Å². The minimum Gasteiger partial charge on any atom is -0.493 e. The highest BCUT2D eigenvalue weighted by Gasteiger charge is 2.17. The van der Waals surface area contributed by atoms with Crippen molar-refractivity contribution in [2.75, 3.05) is 20.3 Å². The Bertz CT molecular complexity index is 1040. The summed E-state index contributed by atoms with van der Waals surface area (Å²) in [5, 5.41) is 2.97. The van der Waals surface area contributed by atoms with Crippen LogP contribution >= 0.6 is 11.8 Å². The number of pyridine rings is 1. The third kappa shape index (κ3) is 6.73. The van der Waals surface area contributed by atoms with Gasteiger partial charge in [-0.05, 0) is 66.4 Å². The minimum absolute atomic E-state index is 0.114. The van der Waals surface area contributed by atoms with E-state index in [0.29, 0.717) is 30.2 Å². The summed E-state index contributed by atoms with van der Waals surface area (Å²) in [5.41, 5.74) is 2.74.